The number of hydroxylamine groups is 2. The van der Waals surface area contributed by atoms with Gasteiger partial charge in [-0.3, -0.25) is 9.63 Å². The molecule has 25 heavy (non-hydrogen) atoms. The van der Waals surface area contributed by atoms with E-state index in [1.54, 1.807) is 5.06 Å². The third kappa shape index (κ3) is 3.18. The van der Waals surface area contributed by atoms with Crippen LogP contribution < -0.4 is 0 Å². The second kappa shape index (κ2) is 7.22. The molecule has 1 aromatic carbocycles. The van der Waals surface area contributed by atoms with Crippen LogP contribution in [0.4, 0.5) is 0 Å². The number of halogens is 1. The number of ether oxygens (including phenoxy) is 1. The zero-order valence-corrected chi connectivity index (χ0v) is 15.9. The second-order valence-electron chi connectivity index (χ2n) is 7.25. The molecule has 1 amide bonds. The fourth-order valence-electron chi connectivity index (χ4n) is 4.48. The van der Waals surface area contributed by atoms with Crippen LogP contribution in [0.5, 0.6) is 0 Å². The molecule has 0 N–H and O–H groups in total. The van der Waals surface area contributed by atoms with Crippen molar-refractivity contribution < 1.29 is 14.4 Å². The van der Waals surface area contributed by atoms with Crippen molar-refractivity contribution in [2.45, 2.75) is 56.8 Å². The lowest BCUT2D eigenvalue weighted by Crippen LogP contribution is -2.63. The summed E-state index contributed by atoms with van der Waals surface area (Å²) in [4.78, 5) is 18.7. The zero-order chi connectivity index (χ0) is 17.3. The van der Waals surface area contributed by atoms with Gasteiger partial charge in [-0.1, -0.05) is 59.1 Å². The topological polar surface area (TPSA) is 38.8 Å². The normalized spacial score (nSPS) is 32.0. The average molecular weight is 406 g/mol. The van der Waals surface area contributed by atoms with Gasteiger partial charge in [0.25, 0.3) is 0 Å². The molecule has 0 radical (unpaired) electrons. The molecule has 2 fully saturated rings. The summed E-state index contributed by atoms with van der Waals surface area (Å²) in [5, 5.41) is 1.70. The maximum atomic E-state index is 12.6. The number of carbonyl (C=O) groups is 1. The van der Waals surface area contributed by atoms with Crippen LogP contribution in [-0.2, 0) is 21.0 Å². The number of carbonyl (C=O) groups excluding carboxylic acids is 1. The second-order valence-corrected chi connectivity index (χ2v) is 8.11. The van der Waals surface area contributed by atoms with Crippen LogP contribution in [0.1, 0.15) is 44.1 Å². The first-order valence-electron chi connectivity index (χ1n) is 9.19. The molecule has 134 valence electrons. The summed E-state index contributed by atoms with van der Waals surface area (Å²) in [6.45, 7) is 0.988. The number of hydrogen-bond acceptors (Lipinski definition) is 3. The summed E-state index contributed by atoms with van der Waals surface area (Å²) in [5.74, 6) is 0.604. The van der Waals surface area contributed by atoms with E-state index in [4.69, 9.17) is 9.57 Å². The van der Waals surface area contributed by atoms with E-state index >= 15 is 0 Å². The molecule has 3 atom stereocenters. The highest BCUT2D eigenvalue weighted by Gasteiger charge is 2.55. The van der Waals surface area contributed by atoms with Gasteiger partial charge >= 0.3 is 0 Å². The van der Waals surface area contributed by atoms with Crippen molar-refractivity contribution in [3.8, 4) is 0 Å². The van der Waals surface area contributed by atoms with Gasteiger partial charge in [0.15, 0.2) is 0 Å². The molecule has 2 aliphatic heterocycles. The zero-order valence-electron chi connectivity index (χ0n) is 14.3. The molecule has 5 heteroatoms. The van der Waals surface area contributed by atoms with Gasteiger partial charge in [-0.2, -0.15) is 0 Å². The van der Waals surface area contributed by atoms with E-state index < -0.39 is 0 Å². The molecule has 1 spiro atoms. The molecule has 1 aromatic rings. The summed E-state index contributed by atoms with van der Waals surface area (Å²) in [7, 11) is 0. The minimum atomic E-state index is -0.274. The summed E-state index contributed by atoms with van der Waals surface area (Å²) >= 11 is 3.80. The summed E-state index contributed by atoms with van der Waals surface area (Å²) in [6.07, 6.45) is 7.98. The Hall–Kier alpha value is -1.17. The average Bonchev–Trinajstić information content (AvgIpc) is 2.64. The highest BCUT2D eigenvalue weighted by atomic mass is 79.9. The Balaban J connectivity index is 1.47. The van der Waals surface area contributed by atoms with Crippen molar-refractivity contribution in [3.05, 3.63) is 46.5 Å². The standard InChI is InChI=1S/C20H24BrNO3/c21-18-12-17(14-24-13-15-6-2-1-3-7-15)25-22-19(23)10-9-16-8-4-5-11-20(16,18)22/h1-3,6-7,12,16-17H,4-5,8-11,13-14H2/t16-,17-,20-/m0/s1. The van der Waals surface area contributed by atoms with E-state index in [0.717, 1.165) is 29.3 Å². The SMILES string of the molecule is O=C1CC[C@@H]2CCCC[C@@]23C(Br)=C[C@@H](COCc2ccccc2)ON13. The molecule has 1 saturated heterocycles. The van der Waals surface area contributed by atoms with Crippen molar-refractivity contribution in [2.75, 3.05) is 6.61 Å². The number of nitrogens with zero attached hydrogens (tertiary/aromatic N) is 1. The minimum absolute atomic E-state index is 0.108. The molecule has 3 aliphatic rings. The molecule has 1 aliphatic carbocycles. The number of piperidine rings is 1. The fraction of sp³-hybridized carbons (Fsp3) is 0.550. The lowest BCUT2D eigenvalue weighted by Gasteiger charge is -2.55. The molecular formula is C20H24BrNO3. The van der Waals surface area contributed by atoms with Gasteiger partial charge in [-0.15, -0.1) is 0 Å². The van der Waals surface area contributed by atoms with Crippen LogP contribution >= 0.6 is 15.9 Å². The molecule has 1 saturated carbocycles. The van der Waals surface area contributed by atoms with Crippen LogP contribution in [0.2, 0.25) is 0 Å². The highest BCUT2D eigenvalue weighted by Crippen LogP contribution is 2.52. The van der Waals surface area contributed by atoms with Crippen LogP contribution in [0.15, 0.2) is 40.9 Å². The number of amides is 1. The third-order valence-corrected chi connectivity index (χ3v) is 6.66. The van der Waals surface area contributed by atoms with Crippen LogP contribution in [0.25, 0.3) is 0 Å². The van der Waals surface area contributed by atoms with Gasteiger partial charge in [0.05, 0.1) is 13.2 Å². The molecule has 0 unspecified atom stereocenters. The fourth-order valence-corrected chi connectivity index (χ4v) is 5.46. The van der Waals surface area contributed by atoms with E-state index in [-0.39, 0.29) is 17.6 Å². The minimum Gasteiger partial charge on any atom is -0.374 e. The lowest BCUT2D eigenvalue weighted by molar-refractivity contribution is -0.263. The largest absolute Gasteiger partial charge is 0.374 e. The maximum Gasteiger partial charge on any atom is 0.247 e. The summed E-state index contributed by atoms with van der Waals surface area (Å²) in [6, 6.07) is 10.1. The molecule has 4 nitrogen and oxygen atoms in total. The van der Waals surface area contributed by atoms with Crippen LogP contribution in [0.3, 0.4) is 0 Å². The first-order chi connectivity index (χ1) is 12.2. The smallest absolute Gasteiger partial charge is 0.247 e. The van der Waals surface area contributed by atoms with Gasteiger partial charge in [0.2, 0.25) is 5.91 Å². The maximum absolute atomic E-state index is 12.6. The van der Waals surface area contributed by atoms with Gasteiger partial charge in [0.1, 0.15) is 11.6 Å². The number of hydrogen-bond donors (Lipinski definition) is 0. The van der Waals surface area contributed by atoms with Gasteiger partial charge in [0, 0.05) is 10.9 Å². The summed E-state index contributed by atoms with van der Waals surface area (Å²) in [5.41, 5.74) is 0.864. The lowest BCUT2D eigenvalue weighted by atomic mass is 9.67. The number of benzene rings is 1. The van der Waals surface area contributed by atoms with Crippen LogP contribution in [0, 0.1) is 5.92 Å². The van der Waals surface area contributed by atoms with E-state index in [1.165, 1.54) is 12.8 Å². The first kappa shape index (κ1) is 17.3. The van der Waals surface area contributed by atoms with E-state index in [1.807, 2.05) is 30.3 Å². The van der Waals surface area contributed by atoms with Crippen molar-refractivity contribution >= 4 is 21.8 Å². The Morgan fingerprint density at radius 1 is 1.24 bits per heavy atom. The monoisotopic (exact) mass is 405 g/mol. The Bertz CT molecular complexity index is 662. The van der Waals surface area contributed by atoms with Gasteiger partial charge in [-0.25, -0.2) is 5.06 Å². The first-order valence-corrected chi connectivity index (χ1v) is 9.99. The molecule has 0 bridgehead atoms. The van der Waals surface area contributed by atoms with Crippen molar-refractivity contribution in [1.82, 2.24) is 5.06 Å². The van der Waals surface area contributed by atoms with Crippen molar-refractivity contribution in [3.63, 3.8) is 0 Å². The Morgan fingerprint density at radius 3 is 2.92 bits per heavy atom. The van der Waals surface area contributed by atoms with Gasteiger partial charge in [-0.05, 0) is 36.8 Å². The molecule has 4 rings (SSSR count). The van der Waals surface area contributed by atoms with E-state index in [2.05, 4.69) is 22.0 Å². The van der Waals surface area contributed by atoms with Crippen molar-refractivity contribution in [1.29, 1.82) is 0 Å². The molecular weight excluding hydrogens is 382 g/mol. The Morgan fingerprint density at radius 2 is 2.08 bits per heavy atom. The summed E-state index contributed by atoms with van der Waals surface area (Å²) < 4.78 is 6.94. The molecule has 0 aromatic heterocycles. The number of rotatable bonds is 4. The van der Waals surface area contributed by atoms with Crippen LogP contribution in [-0.4, -0.2) is 29.2 Å². The van der Waals surface area contributed by atoms with Gasteiger partial charge < -0.3 is 4.74 Å². The predicted molar refractivity (Wildman–Crippen MR) is 98.8 cm³/mol. The quantitative estimate of drug-likeness (QED) is 0.747. The van der Waals surface area contributed by atoms with E-state index in [0.29, 0.717) is 25.6 Å². The Labute approximate surface area is 157 Å². The highest BCUT2D eigenvalue weighted by molar-refractivity contribution is 9.11. The Kier molecular flexibility index (Phi) is 4.98. The third-order valence-electron chi connectivity index (χ3n) is 5.71. The van der Waals surface area contributed by atoms with E-state index in [9.17, 15) is 4.79 Å². The molecule has 2 heterocycles. The predicted octanol–water partition coefficient (Wildman–Crippen LogP) is 4.35. The van der Waals surface area contributed by atoms with Crippen molar-refractivity contribution in [2.24, 2.45) is 5.92 Å².